The van der Waals surface area contributed by atoms with Crippen molar-refractivity contribution >= 4 is 44.3 Å². The van der Waals surface area contributed by atoms with Gasteiger partial charge in [0, 0.05) is 15.7 Å². The zero-order valence-corrected chi connectivity index (χ0v) is 15.7. The van der Waals surface area contributed by atoms with Crippen molar-refractivity contribution in [1.29, 1.82) is 0 Å². The molecule has 0 fully saturated rings. The highest BCUT2D eigenvalue weighted by atomic mass is 79.9. The highest BCUT2D eigenvalue weighted by Gasteiger charge is 2.50. The molecule has 26 heavy (non-hydrogen) atoms. The van der Waals surface area contributed by atoms with Crippen molar-refractivity contribution < 1.29 is 14.3 Å². The smallest absolute Gasteiger partial charge is 0.326 e. The lowest BCUT2D eigenvalue weighted by molar-refractivity contribution is -0.153. The molecule has 3 aromatic rings. The molecule has 1 aliphatic rings. The molecule has 1 amide bonds. The van der Waals surface area contributed by atoms with E-state index in [0.717, 1.165) is 20.8 Å². The SMILES string of the molecule is C[C@@]1(C(=O)OCc2cccc3ccccc23)C(=O)Nc2ccc(Br)cc21. The van der Waals surface area contributed by atoms with E-state index >= 15 is 0 Å². The Morgan fingerprint density at radius 1 is 1.12 bits per heavy atom. The summed E-state index contributed by atoms with van der Waals surface area (Å²) in [4.78, 5) is 25.4. The van der Waals surface area contributed by atoms with E-state index in [1.165, 1.54) is 0 Å². The fourth-order valence-electron chi connectivity index (χ4n) is 3.32. The number of nitrogens with one attached hydrogen (secondary N) is 1. The molecule has 0 spiro atoms. The third-order valence-corrected chi connectivity index (χ3v) is 5.36. The van der Waals surface area contributed by atoms with Gasteiger partial charge in [-0.2, -0.15) is 0 Å². The lowest BCUT2D eigenvalue weighted by atomic mass is 9.84. The van der Waals surface area contributed by atoms with Crippen LogP contribution in [0.2, 0.25) is 0 Å². The van der Waals surface area contributed by atoms with Gasteiger partial charge in [0.1, 0.15) is 6.61 Å². The van der Waals surface area contributed by atoms with Gasteiger partial charge in [0.05, 0.1) is 0 Å². The summed E-state index contributed by atoms with van der Waals surface area (Å²) in [6.07, 6.45) is 0. The fraction of sp³-hybridized carbons (Fsp3) is 0.143. The maximum absolute atomic E-state index is 12.9. The topological polar surface area (TPSA) is 55.4 Å². The van der Waals surface area contributed by atoms with E-state index in [1.54, 1.807) is 19.1 Å². The maximum Gasteiger partial charge on any atom is 0.326 e. The number of halogens is 1. The van der Waals surface area contributed by atoms with Crippen LogP contribution in [0.3, 0.4) is 0 Å². The number of fused-ring (bicyclic) bond motifs is 2. The Kier molecular flexibility index (Phi) is 4.04. The standard InChI is InChI=1S/C21H16BrNO3/c1-21(17-11-15(22)9-10-18(17)23-19(21)24)20(25)26-12-14-7-4-6-13-5-2-3-8-16(13)14/h2-11H,12H2,1H3,(H,23,24)/t21-/m0/s1. The van der Waals surface area contributed by atoms with Crippen LogP contribution >= 0.6 is 15.9 Å². The molecule has 4 rings (SSSR count). The molecule has 0 aromatic heterocycles. The van der Waals surface area contributed by atoms with Gasteiger partial charge in [-0.15, -0.1) is 0 Å². The second-order valence-electron chi connectivity index (χ2n) is 6.48. The van der Waals surface area contributed by atoms with Gasteiger partial charge in [0.15, 0.2) is 5.41 Å². The number of rotatable bonds is 3. The number of amides is 1. The molecule has 1 atom stereocenters. The summed E-state index contributed by atoms with van der Waals surface area (Å²) in [5.74, 6) is -0.923. The second kappa shape index (κ2) is 6.25. The Labute approximate surface area is 159 Å². The molecule has 0 saturated carbocycles. The summed E-state index contributed by atoms with van der Waals surface area (Å²) >= 11 is 3.40. The molecule has 1 N–H and O–H groups in total. The van der Waals surface area contributed by atoms with E-state index in [4.69, 9.17) is 4.74 Å². The van der Waals surface area contributed by atoms with E-state index in [-0.39, 0.29) is 12.5 Å². The molecule has 0 aliphatic carbocycles. The molecule has 0 saturated heterocycles. The third kappa shape index (κ3) is 2.59. The van der Waals surface area contributed by atoms with Crippen LogP contribution in [0.1, 0.15) is 18.1 Å². The van der Waals surface area contributed by atoms with Crippen molar-refractivity contribution in [2.75, 3.05) is 5.32 Å². The maximum atomic E-state index is 12.9. The number of anilines is 1. The number of carbonyl (C=O) groups is 2. The summed E-state index contributed by atoms with van der Waals surface area (Å²) in [6.45, 7) is 1.72. The quantitative estimate of drug-likeness (QED) is 0.509. The lowest BCUT2D eigenvalue weighted by Crippen LogP contribution is -2.40. The number of esters is 1. The number of hydrogen-bond acceptors (Lipinski definition) is 3. The monoisotopic (exact) mass is 409 g/mol. The highest BCUT2D eigenvalue weighted by molar-refractivity contribution is 9.10. The van der Waals surface area contributed by atoms with Gasteiger partial charge in [0.25, 0.3) is 0 Å². The van der Waals surface area contributed by atoms with E-state index in [9.17, 15) is 9.59 Å². The van der Waals surface area contributed by atoms with Crippen molar-refractivity contribution in [2.24, 2.45) is 0 Å². The Hall–Kier alpha value is -2.66. The molecule has 5 heteroatoms. The zero-order valence-electron chi connectivity index (χ0n) is 14.1. The number of ether oxygens (including phenoxy) is 1. The van der Waals surface area contributed by atoms with Crippen LogP contribution in [0.4, 0.5) is 5.69 Å². The molecule has 3 aromatic carbocycles. The van der Waals surface area contributed by atoms with E-state index < -0.39 is 11.4 Å². The summed E-state index contributed by atoms with van der Waals surface area (Å²) in [6, 6.07) is 19.2. The minimum atomic E-state index is -1.36. The first-order valence-electron chi connectivity index (χ1n) is 8.25. The molecule has 0 unspecified atom stereocenters. The molecule has 1 heterocycles. The Bertz CT molecular complexity index is 1040. The van der Waals surface area contributed by atoms with E-state index in [0.29, 0.717) is 11.3 Å². The van der Waals surface area contributed by atoms with E-state index in [1.807, 2.05) is 48.5 Å². The molecular weight excluding hydrogens is 394 g/mol. The molecule has 4 nitrogen and oxygen atoms in total. The summed E-state index contributed by atoms with van der Waals surface area (Å²) in [7, 11) is 0. The largest absolute Gasteiger partial charge is 0.460 e. The van der Waals surface area contributed by atoms with Crippen LogP contribution in [-0.2, 0) is 26.3 Å². The van der Waals surface area contributed by atoms with Gasteiger partial charge in [-0.3, -0.25) is 9.59 Å². The van der Waals surface area contributed by atoms with Gasteiger partial charge >= 0.3 is 5.97 Å². The van der Waals surface area contributed by atoms with Gasteiger partial charge in [-0.05, 0) is 41.5 Å². The first kappa shape index (κ1) is 16.8. The Balaban J connectivity index is 1.63. The van der Waals surface area contributed by atoms with Gasteiger partial charge in [-0.25, -0.2) is 0 Å². The van der Waals surface area contributed by atoms with Crippen LogP contribution < -0.4 is 5.32 Å². The van der Waals surface area contributed by atoms with Crippen molar-refractivity contribution in [2.45, 2.75) is 18.9 Å². The van der Waals surface area contributed by atoms with Gasteiger partial charge in [0.2, 0.25) is 5.91 Å². The minimum Gasteiger partial charge on any atom is -0.460 e. The van der Waals surface area contributed by atoms with Crippen LogP contribution in [0.15, 0.2) is 65.1 Å². The lowest BCUT2D eigenvalue weighted by Gasteiger charge is -2.20. The first-order valence-corrected chi connectivity index (χ1v) is 9.05. The first-order chi connectivity index (χ1) is 12.5. The van der Waals surface area contributed by atoms with Crippen molar-refractivity contribution in [3.8, 4) is 0 Å². The van der Waals surface area contributed by atoms with Crippen LogP contribution in [0.5, 0.6) is 0 Å². The molecule has 0 bridgehead atoms. The average Bonchev–Trinajstić information content (AvgIpc) is 2.91. The van der Waals surface area contributed by atoms with Crippen LogP contribution in [-0.4, -0.2) is 11.9 Å². The molecule has 0 radical (unpaired) electrons. The molecule has 130 valence electrons. The zero-order chi connectivity index (χ0) is 18.3. The van der Waals surface area contributed by atoms with Crippen LogP contribution in [0, 0.1) is 0 Å². The summed E-state index contributed by atoms with van der Waals surface area (Å²) in [5.41, 5.74) is 0.819. The van der Waals surface area contributed by atoms with Gasteiger partial charge in [-0.1, -0.05) is 58.4 Å². The minimum absolute atomic E-state index is 0.117. The predicted octanol–water partition coefficient (Wildman–Crippen LogP) is 4.56. The normalized spacial score (nSPS) is 18.5. The van der Waals surface area contributed by atoms with Gasteiger partial charge < -0.3 is 10.1 Å². The second-order valence-corrected chi connectivity index (χ2v) is 7.40. The summed E-state index contributed by atoms with van der Waals surface area (Å²) < 4.78 is 6.38. The third-order valence-electron chi connectivity index (χ3n) is 4.87. The van der Waals surface area contributed by atoms with E-state index in [2.05, 4.69) is 21.2 Å². The van der Waals surface area contributed by atoms with Crippen molar-refractivity contribution in [3.05, 3.63) is 76.3 Å². The molecule has 1 aliphatic heterocycles. The van der Waals surface area contributed by atoms with Crippen LogP contribution in [0.25, 0.3) is 10.8 Å². The number of benzene rings is 3. The Morgan fingerprint density at radius 3 is 2.73 bits per heavy atom. The number of carbonyl (C=O) groups excluding carboxylic acids is 2. The predicted molar refractivity (Wildman–Crippen MR) is 104 cm³/mol. The average molecular weight is 410 g/mol. The number of hydrogen-bond donors (Lipinski definition) is 1. The highest BCUT2D eigenvalue weighted by Crippen LogP contribution is 2.40. The summed E-state index contributed by atoms with van der Waals surface area (Å²) in [5, 5.41) is 4.88. The Morgan fingerprint density at radius 2 is 1.88 bits per heavy atom. The fourth-order valence-corrected chi connectivity index (χ4v) is 3.68. The van der Waals surface area contributed by atoms with Crippen molar-refractivity contribution in [3.63, 3.8) is 0 Å². The molecular formula is C21H16BrNO3. The van der Waals surface area contributed by atoms with Crippen molar-refractivity contribution in [1.82, 2.24) is 0 Å².